The lowest BCUT2D eigenvalue weighted by Gasteiger charge is -2.04. The van der Waals surface area contributed by atoms with Gasteiger partial charge in [0.25, 0.3) is 0 Å². The molecule has 0 amide bonds. The van der Waals surface area contributed by atoms with Crippen LogP contribution in [0, 0.1) is 11.3 Å². The summed E-state index contributed by atoms with van der Waals surface area (Å²) in [4.78, 5) is 0. The molecule has 0 fully saturated rings. The van der Waals surface area contributed by atoms with Crippen LogP contribution in [0.5, 0.6) is 0 Å². The maximum atomic E-state index is 8.88. The van der Waals surface area contributed by atoms with Crippen molar-refractivity contribution < 1.29 is 0 Å². The number of hydrogen-bond donors (Lipinski definition) is 2. The number of aromatic nitrogens is 1. The molecular weight excluding hydrogens is 220 g/mol. The second kappa shape index (κ2) is 4.99. The molecule has 5 heteroatoms. The molecular formula is C11H14N4S. The van der Waals surface area contributed by atoms with Gasteiger partial charge in [-0.05, 0) is 37.2 Å². The Labute approximate surface area is 98.9 Å². The van der Waals surface area contributed by atoms with E-state index in [4.69, 9.17) is 11.0 Å². The molecule has 1 aliphatic rings. The van der Waals surface area contributed by atoms with Gasteiger partial charge < -0.3 is 11.1 Å². The predicted molar refractivity (Wildman–Crippen MR) is 66.3 cm³/mol. The average Bonchev–Trinajstić information content (AvgIpc) is 2.89. The van der Waals surface area contributed by atoms with Crippen LogP contribution in [0.2, 0.25) is 0 Å². The van der Waals surface area contributed by atoms with Crippen LogP contribution in [-0.4, -0.2) is 10.9 Å². The van der Waals surface area contributed by atoms with E-state index in [0.717, 1.165) is 18.0 Å². The Kier molecular flexibility index (Phi) is 3.42. The van der Waals surface area contributed by atoms with E-state index in [1.807, 2.05) is 0 Å². The Hall–Kier alpha value is -1.54. The second-order valence-corrected chi connectivity index (χ2v) is 4.59. The van der Waals surface area contributed by atoms with Gasteiger partial charge in [0.05, 0.1) is 0 Å². The summed E-state index contributed by atoms with van der Waals surface area (Å²) in [6.45, 7) is 0.849. The number of nitriles is 1. The van der Waals surface area contributed by atoms with Crippen molar-refractivity contribution in [3.63, 3.8) is 0 Å². The minimum Gasteiger partial charge on any atom is -0.382 e. The van der Waals surface area contributed by atoms with Gasteiger partial charge in [-0.1, -0.05) is 11.6 Å². The van der Waals surface area contributed by atoms with Crippen molar-refractivity contribution in [2.75, 3.05) is 17.6 Å². The van der Waals surface area contributed by atoms with Gasteiger partial charge in [0.1, 0.15) is 16.6 Å². The minimum absolute atomic E-state index is 0.329. The third-order valence-electron chi connectivity index (χ3n) is 2.70. The van der Waals surface area contributed by atoms with E-state index in [1.54, 1.807) is 0 Å². The Morgan fingerprint density at radius 3 is 3.19 bits per heavy atom. The van der Waals surface area contributed by atoms with Crippen molar-refractivity contribution in [2.45, 2.75) is 25.7 Å². The molecule has 1 aliphatic carbocycles. The third-order valence-corrected chi connectivity index (χ3v) is 3.52. The highest BCUT2D eigenvalue weighted by molar-refractivity contribution is 7.10. The molecule has 1 heterocycles. The standard InChI is InChI=1S/C11H14N4S/c12-7-9-10(13)15-16-11(9)14-6-5-8-3-1-2-4-8/h3,14H,1-2,4-6H2,(H2,13,15). The molecule has 16 heavy (non-hydrogen) atoms. The summed E-state index contributed by atoms with van der Waals surface area (Å²) in [6, 6.07) is 2.07. The van der Waals surface area contributed by atoms with Gasteiger partial charge in [-0.25, -0.2) is 0 Å². The van der Waals surface area contributed by atoms with Crippen LogP contribution in [0.15, 0.2) is 11.6 Å². The molecule has 0 spiro atoms. The van der Waals surface area contributed by atoms with Gasteiger partial charge in [-0.3, -0.25) is 0 Å². The minimum atomic E-state index is 0.329. The van der Waals surface area contributed by atoms with E-state index >= 15 is 0 Å². The van der Waals surface area contributed by atoms with Crippen molar-refractivity contribution in [2.24, 2.45) is 0 Å². The lowest BCUT2D eigenvalue weighted by Crippen LogP contribution is -2.02. The lowest BCUT2D eigenvalue weighted by molar-refractivity contribution is 0.864. The molecule has 0 aliphatic heterocycles. The Morgan fingerprint density at radius 1 is 1.62 bits per heavy atom. The van der Waals surface area contributed by atoms with E-state index in [9.17, 15) is 0 Å². The van der Waals surface area contributed by atoms with Gasteiger partial charge >= 0.3 is 0 Å². The lowest BCUT2D eigenvalue weighted by atomic mass is 10.2. The van der Waals surface area contributed by atoms with E-state index in [1.165, 1.54) is 36.4 Å². The fraction of sp³-hybridized carbons (Fsp3) is 0.455. The second-order valence-electron chi connectivity index (χ2n) is 3.82. The number of nitrogens with one attached hydrogen (secondary N) is 1. The van der Waals surface area contributed by atoms with Gasteiger partial charge in [0.15, 0.2) is 5.82 Å². The molecule has 0 aromatic carbocycles. The van der Waals surface area contributed by atoms with Gasteiger partial charge in [-0.2, -0.15) is 9.64 Å². The third kappa shape index (κ3) is 2.34. The number of nitrogens with zero attached hydrogens (tertiary/aromatic N) is 2. The summed E-state index contributed by atoms with van der Waals surface area (Å²) in [5.74, 6) is 0.329. The van der Waals surface area contributed by atoms with Crippen molar-refractivity contribution >= 4 is 22.4 Å². The number of nitrogens with two attached hydrogens (primary N) is 1. The molecule has 2 rings (SSSR count). The van der Waals surface area contributed by atoms with Crippen LogP contribution in [0.25, 0.3) is 0 Å². The highest BCUT2D eigenvalue weighted by atomic mass is 32.1. The highest BCUT2D eigenvalue weighted by Gasteiger charge is 2.10. The van der Waals surface area contributed by atoms with Crippen LogP contribution >= 0.6 is 11.5 Å². The summed E-state index contributed by atoms with van der Waals surface area (Å²) >= 11 is 1.26. The molecule has 1 aromatic rings. The van der Waals surface area contributed by atoms with E-state index in [-0.39, 0.29) is 0 Å². The first-order valence-electron chi connectivity index (χ1n) is 5.38. The normalized spacial score (nSPS) is 14.6. The maximum absolute atomic E-state index is 8.88. The molecule has 84 valence electrons. The fourth-order valence-electron chi connectivity index (χ4n) is 1.83. The van der Waals surface area contributed by atoms with Crippen molar-refractivity contribution in [1.29, 1.82) is 5.26 Å². The summed E-state index contributed by atoms with van der Waals surface area (Å²) in [5.41, 5.74) is 7.57. The first kappa shape index (κ1) is 11.0. The first-order valence-corrected chi connectivity index (χ1v) is 6.15. The first-order chi connectivity index (χ1) is 7.81. The molecule has 1 aromatic heterocycles. The molecule has 0 bridgehead atoms. The molecule has 0 saturated carbocycles. The molecule has 0 saturated heterocycles. The number of hydrogen-bond acceptors (Lipinski definition) is 5. The SMILES string of the molecule is N#Cc1c(N)nsc1NCCC1=CCCC1. The average molecular weight is 234 g/mol. The number of nitrogen functional groups attached to an aromatic ring is 1. The summed E-state index contributed by atoms with van der Waals surface area (Å²) < 4.78 is 3.96. The van der Waals surface area contributed by atoms with Gasteiger partial charge in [-0.15, -0.1) is 0 Å². The largest absolute Gasteiger partial charge is 0.382 e. The van der Waals surface area contributed by atoms with Crippen LogP contribution < -0.4 is 11.1 Å². The number of anilines is 2. The molecule has 0 unspecified atom stereocenters. The molecule has 3 N–H and O–H groups in total. The molecule has 0 atom stereocenters. The van der Waals surface area contributed by atoms with Crippen molar-refractivity contribution in [3.8, 4) is 6.07 Å². The molecule has 4 nitrogen and oxygen atoms in total. The Bertz CT molecular complexity index is 441. The highest BCUT2D eigenvalue weighted by Crippen LogP contribution is 2.26. The Morgan fingerprint density at radius 2 is 2.50 bits per heavy atom. The summed E-state index contributed by atoms with van der Waals surface area (Å²) in [6.07, 6.45) is 7.08. The zero-order valence-electron chi connectivity index (χ0n) is 8.99. The molecule has 0 radical (unpaired) electrons. The van der Waals surface area contributed by atoms with Crippen LogP contribution in [0.4, 0.5) is 10.8 Å². The quantitative estimate of drug-likeness (QED) is 0.785. The number of rotatable bonds is 4. The van der Waals surface area contributed by atoms with E-state index in [0.29, 0.717) is 11.4 Å². The van der Waals surface area contributed by atoms with Crippen LogP contribution in [0.1, 0.15) is 31.2 Å². The maximum Gasteiger partial charge on any atom is 0.157 e. The topological polar surface area (TPSA) is 74.7 Å². The predicted octanol–water partition coefficient (Wildman–Crippen LogP) is 2.51. The van der Waals surface area contributed by atoms with Crippen LogP contribution in [-0.2, 0) is 0 Å². The zero-order valence-corrected chi connectivity index (χ0v) is 9.81. The number of allylic oxidation sites excluding steroid dienone is 1. The summed E-state index contributed by atoms with van der Waals surface area (Å²) in [5, 5.41) is 12.9. The fourth-order valence-corrected chi connectivity index (χ4v) is 2.52. The monoisotopic (exact) mass is 234 g/mol. The van der Waals surface area contributed by atoms with Crippen molar-refractivity contribution in [3.05, 3.63) is 17.2 Å². The van der Waals surface area contributed by atoms with Crippen LogP contribution in [0.3, 0.4) is 0 Å². The van der Waals surface area contributed by atoms with E-state index in [2.05, 4.69) is 21.8 Å². The van der Waals surface area contributed by atoms with Gasteiger partial charge in [0, 0.05) is 6.54 Å². The smallest absolute Gasteiger partial charge is 0.157 e. The Balaban J connectivity index is 1.87. The zero-order chi connectivity index (χ0) is 11.4. The van der Waals surface area contributed by atoms with Crippen molar-refractivity contribution in [1.82, 2.24) is 4.37 Å². The summed E-state index contributed by atoms with van der Waals surface area (Å²) in [7, 11) is 0. The van der Waals surface area contributed by atoms with Gasteiger partial charge in [0.2, 0.25) is 0 Å². The van der Waals surface area contributed by atoms with E-state index < -0.39 is 0 Å².